The number of rotatable bonds is 7. The third kappa shape index (κ3) is 6.00. The van der Waals surface area contributed by atoms with Crippen LogP contribution in [0.25, 0.3) is 0 Å². The molecule has 144 valence electrons. The summed E-state index contributed by atoms with van der Waals surface area (Å²) in [4.78, 5) is 27.9. The average Bonchev–Trinajstić information content (AvgIpc) is 2.66. The quantitative estimate of drug-likeness (QED) is 0.764. The zero-order valence-corrected chi connectivity index (χ0v) is 16.8. The first-order valence-electron chi connectivity index (χ1n) is 9.06. The van der Waals surface area contributed by atoms with Gasteiger partial charge in [-0.3, -0.25) is 4.79 Å². The van der Waals surface area contributed by atoms with Crippen molar-refractivity contribution in [2.45, 2.75) is 26.8 Å². The zero-order chi connectivity index (χ0) is 19.8. The van der Waals surface area contributed by atoms with Crippen LogP contribution in [0.3, 0.4) is 0 Å². The SMILES string of the molecule is CCN(CC)C(=O)Cc1ccc(NC(=O)N(C)Cc2ccccc2Cl)cc1. The number of nitrogens with one attached hydrogen (secondary N) is 1. The molecule has 0 saturated carbocycles. The van der Waals surface area contributed by atoms with Gasteiger partial charge in [-0.2, -0.15) is 0 Å². The minimum atomic E-state index is -0.220. The molecular formula is C21H26ClN3O2. The lowest BCUT2D eigenvalue weighted by molar-refractivity contribution is -0.130. The molecule has 0 radical (unpaired) electrons. The van der Waals surface area contributed by atoms with Gasteiger partial charge >= 0.3 is 6.03 Å². The van der Waals surface area contributed by atoms with Crippen molar-refractivity contribution in [3.8, 4) is 0 Å². The van der Waals surface area contributed by atoms with Gasteiger partial charge in [0.25, 0.3) is 0 Å². The Labute approximate surface area is 165 Å². The molecule has 2 rings (SSSR count). The van der Waals surface area contributed by atoms with Crippen molar-refractivity contribution < 1.29 is 9.59 Å². The molecule has 0 aliphatic rings. The average molecular weight is 388 g/mol. The van der Waals surface area contributed by atoms with Gasteiger partial charge in [0.2, 0.25) is 5.91 Å². The minimum absolute atomic E-state index is 0.108. The second kappa shape index (κ2) is 9.97. The summed E-state index contributed by atoms with van der Waals surface area (Å²) in [5.41, 5.74) is 2.50. The maximum Gasteiger partial charge on any atom is 0.321 e. The molecule has 27 heavy (non-hydrogen) atoms. The van der Waals surface area contributed by atoms with E-state index < -0.39 is 0 Å². The fraction of sp³-hybridized carbons (Fsp3) is 0.333. The number of hydrogen-bond donors (Lipinski definition) is 1. The number of carbonyl (C=O) groups excluding carboxylic acids is 2. The number of carbonyl (C=O) groups is 2. The highest BCUT2D eigenvalue weighted by molar-refractivity contribution is 6.31. The largest absolute Gasteiger partial charge is 0.343 e. The van der Waals surface area contributed by atoms with E-state index >= 15 is 0 Å². The summed E-state index contributed by atoms with van der Waals surface area (Å²) in [6, 6.07) is 14.6. The van der Waals surface area contributed by atoms with Crippen molar-refractivity contribution in [3.63, 3.8) is 0 Å². The summed E-state index contributed by atoms with van der Waals surface area (Å²) in [6.07, 6.45) is 0.363. The van der Waals surface area contributed by atoms with Gasteiger partial charge < -0.3 is 15.1 Å². The van der Waals surface area contributed by atoms with Crippen LogP contribution >= 0.6 is 11.6 Å². The first-order chi connectivity index (χ1) is 12.9. The number of halogens is 1. The monoisotopic (exact) mass is 387 g/mol. The van der Waals surface area contributed by atoms with Gasteiger partial charge in [-0.15, -0.1) is 0 Å². The van der Waals surface area contributed by atoms with Crippen LogP contribution < -0.4 is 5.32 Å². The predicted octanol–water partition coefficient (Wildman–Crippen LogP) is 4.41. The van der Waals surface area contributed by atoms with Crippen molar-refractivity contribution in [1.82, 2.24) is 9.80 Å². The van der Waals surface area contributed by atoms with Gasteiger partial charge in [0, 0.05) is 37.4 Å². The number of likely N-dealkylation sites (N-methyl/N-ethyl adjacent to an activating group) is 1. The molecule has 0 fully saturated rings. The molecule has 3 amide bonds. The summed E-state index contributed by atoms with van der Waals surface area (Å²) in [6.45, 7) is 5.78. The lowest BCUT2D eigenvalue weighted by Gasteiger charge is -2.19. The van der Waals surface area contributed by atoms with Gasteiger partial charge in [0.05, 0.1) is 6.42 Å². The Morgan fingerprint density at radius 3 is 2.22 bits per heavy atom. The van der Waals surface area contributed by atoms with Crippen molar-refractivity contribution in [3.05, 3.63) is 64.7 Å². The van der Waals surface area contributed by atoms with Crippen LogP contribution in [0.4, 0.5) is 10.5 Å². The van der Waals surface area contributed by atoms with Gasteiger partial charge in [0.1, 0.15) is 0 Å². The highest BCUT2D eigenvalue weighted by atomic mass is 35.5. The second-order valence-electron chi connectivity index (χ2n) is 6.32. The van der Waals surface area contributed by atoms with E-state index in [-0.39, 0.29) is 11.9 Å². The summed E-state index contributed by atoms with van der Waals surface area (Å²) in [7, 11) is 1.72. The number of nitrogens with zero attached hydrogens (tertiary/aromatic N) is 2. The van der Waals surface area contributed by atoms with E-state index in [1.807, 2.05) is 56.3 Å². The molecule has 0 bridgehead atoms. The lowest BCUT2D eigenvalue weighted by Crippen LogP contribution is -2.31. The smallest absolute Gasteiger partial charge is 0.321 e. The fourth-order valence-electron chi connectivity index (χ4n) is 2.74. The van der Waals surface area contributed by atoms with E-state index in [1.54, 1.807) is 22.9 Å². The zero-order valence-electron chi connectivity index (χ0n) is 16.0. The predicted molar refractivity (Wildman–Crippen MR) is 110 cm³/mol. The normalized spacial score (nSPS) is 10.4. The number of urea groups is 1. The number of benzene rings is 2. The maximum absolute atomic E-state index is 12.4. The molecule has 0 spiro atoms. The Hall–Kier alpha value is -2.53. The molecule has 0 aliphatic heterocycles. The third-order valence-electron chi connectivity index (χ3n) is 4.39. The number of hydrogen-bond acceptors (Lipinski definition) is 2. The molecule has 0 atom stereocenters. The van der Waals surface area contributed by atoms with Crippen LogP contribution in [0.1, 0.15) is 25.0 Å². The summed E-state index contributed by atoms with van der Waals surface area (Å²) in [5.74, 6) is 0.108. The first kappa shape index (κ1) is 20.8. The van der Waals surface area contributed by atoms with Crippen molar-refractivity contribution in [2.75, 3.05) is 25.5 Å². The Morgan fingerprint density at radius 1 is 1.00 bits per heavy atom. The van der Waals surface area contributed by atoms with E-state index in [0.717, 1.165) is 11.1 Å². The molecule has 0 unspecified atom stereocenters. The Morgan fingerprint density at radius 2 is 1.63 bits per heavy atom. The fourth-order valence-corrected chi connectivity index (χ4v) is 2.94. The van der Waals surface area contributed by atoms with Crippen molar-refractivity contribution >= 4 is 29.2 Å². The Balaban J connectivity index is 1.92. The van der Waals surface area contributed by atoms with Gasteiger partial charge in [-0.1, -0.05) is 41.9 Å². The topological polar surface area (TPSA) is 52.7 Å². The van der Waals surface area contributed by atoms with Crippen LogP contribution in [0, 0.1) is 0 Å². The van der Waals surface area contributed by atoms with Crippen LogP contribution in [0.2, 0.25) is 5.02 Å². The molecule has 0 aromatic heterocycles. The van der Waals surface area contributed by atoms with E-state index in [4.69, 9.17) is 11.6 Å². The van der Waals surface area contributed by atoms with Gasteiger partial charge in [0.15, 0.2) is 0 Å². The van der Waals surface area contributed by atoms with E-state index in [1.165, 1.54) is 0 Å². The van der Waals surface area contributed by atoms with Crippen molar-refractivity contribution in [2.24, 2.45) is 0 Å². The maximum atomic E-state index is 12.4. The van der Waals surface area contributed by atoms with E-state index in [9.17, 15) is 9.59 Å². The van der Waals surface area contributed by atoms with Gasteiger partial charge in [-0.25, -0.2) is 4.79 Å². The molecule has 6 heteroatoms. The summed E-state index contributed by atoms with van der Waals surface area (Å²) >= 11 is 6.15. The number of anilines is 1. The molecule has 2 aromatic carbocycles. The highest BCUT2D eigenvalue weighted by Gasteiger charge is 2.12. The Kier molecular flexibility index (Phi) is 7.67. The minimum Gasteiger partial charge on any atom is -0.343 e. The molecule has 0 saturated heterocycles. The van der Waals surface area contributed by atoms with Crippen LogP contribution in [0.15, 0.2) is 48.5 Å². The number of amides is 3. The summed E-state index contributed by atoms with van der Waals surface area (Å²) < 4.78 is 0. The molecule has 1 N–H and O–H groups in total. The molecular weight excluding hydrogens is 362 g/mol. The van der Waals surface area contributed by atoms with Crippen LogP contribution in [-0.2, 0) is 17.8 Å². The molecule has 0 aliphatic carbocycles. The van der Waals surface area contributed by atoms with Crippen molar-refractivity contribution in [1.29, 1.82) is 0 Å². The van der Waals surface area contributed by atoms with E-state index in [2.05, 4.69) is 5.32 Å². The van der Waals surface area contributed by atoms with Crippen LogP contribution in [-0.4, -0.2) is 41.9 Å². The lowest BCUT2D eigenvalue weighted by atomic mass is 10.1. The van der Waals surface area contributed by atoms with Crippen LogP contribution in [0.5, 0.6) is 0 Å². The highest BCUT2D eigenvalue weighted by Crippen LogP contribution is 2.17. The standard InChI is InChI=1S/C21H26ClN3O2/c1-4-25(5-2)20(26)14-16-10-12-18(13-11-16)23-21(27)24(3)15-17-8-6-7-9-19(17)22/h6-13H,4-5,14-15H2,1-3H3,(H,23,27). The van der Waals surface area contributed by atoms with Gasteiger partial charge in [-0.05, 0) is 43.2 Å². The molecule has 2 aromatic rings. The Bertz CT molecular complexity index is 773. The summed E-state index contributed by atoms with van der Waals surface area (Å²) in [5, 5.41) is 3.49. The molecule has 0 heterocycles. The second-order valence-corrected chi connectivity index (χ2v) is 6.72. The first-order valence-corrected chi connectivity index (χ1v) is 9.44. The third-order valence-corrected chi connectivity index (χ3v) is 4.76. The van der Waals surface area contributed by atoms with E-state index in [0.29, 0.717) is 36.8 Å². The molecule has 5 nitrogen and oxygen atoms in total.